The van der Waals surface area contributed by atoms with Gasteiger partial charge in [0.1, 0.15) is 5.75 Å². The van der Waals surface area contributed by atoms with Crippen LogP contribution >= 0.6 is 27.3 Å². The Morgan fingerprint density at radius 1 is 1.36 bits per heavy atom. The third kappa shape index (κ3) is 4.83. The van der Waals surface area contributed by atoms with Crippen molar-refractivity contribution in [2.24, 2.45) is 0 Å². The van der Waals surface area contributed by atoms with Crippen molar-refractivity contribution in [2.45, 2.75) is 13.5 Å². The second-order valence-electron chi connectivity index (χ2n) is 5.13. The standard InChI is InChI=1S/C16H19BrN2O2S/c1-11-4-6-14(21-3)13(8-11)18-16(20)10-19(2)9-12-5-7-15(17)22-12/h4-8H,9-10H2,1-3H3,(H,18,20). The number of thiophene rings is 1. The van der Waals surface area contributed by atoms with E-state index in [1.807, 2.05) is 43.1 Å². The summed E-state index contributed by atoms with van der Waals surface area (Å²) in [7, 11) is 3.53. The molecule has 1 amide bonds. The highest BCUT2D eigenvalue weighted by atomic mass is 79.9. The number of carbonyl (C=O) groups excluding carboxylic acids is 1. The van der Waals surface area contributed by atoms with Crippen LogP contribution in [0.2, 0.25) is 0 Å². The van der Waals surface area contributed by atoms with Crippen LogP contribution in [0.15, 0.2) is 34.1 Å². The number of hydrogen-bond donors (Lipinski definition) is 1. The van der Waals surface area contributed by atoms with Gasteiger partial charge in [-0.05, 0) is 59.7 Å². The van der Waals surface area contributed by atoms with Crippen LogP contribution in [0.5, 0.6) is 5.75 Å². The zero-order chi connectivity index (χ0) is 16.1. The highest BCUT2D eigenvalue weighted by Crippen LogP contribution is 2.25. The molecule has 0 unspecified atom stereocenters. The number of carbonyl (C=O) groups is 1. The molecule has 2 rings (SSSR count). The zero-order valence-corrected chi connectivity index (χ0v) is 15.3. The molecule has 0 aliphatic heterocycles. The first-order valence-corrected chi connectivity index (χ1v) is 8.46. The number of hydrogen-bond acceptors (Lipinski definition) is 4. The normalized spacial score (nSPS) is 10.8. The molecular formula is C16H19BrN2O2S. The molecule has 0 fully saturated rings. The summed E-state index contributed by atoms with van der Waals surface area (Å²) in [6.07, 6.45) is 0. The van der Waals surface area contributed by atoms with E-state index in [1.165, 1.54) is 4.88 Å². The van der Waals surface area contributed by atoms with E-state index >= 15 is 0 Å². The number of ether oxygens (including phenoxy) is 1. The minimum absolute atomic E-state index is 0.0537. The van der Waals surface area contributed by atoms with Gasteiger partial charge in [-0.15, -0.1) is 11.3 Å². The Hall–Kier alpha value is -1.37. The average Bonchev–Trinajstić information content (AvgIpc) is 2.83. The largest absolute Gasteiger partial charge is 0.495 e. The van der Waals surface area contributed by atoms with Gasteiger partial charge in [-0.2, -0.15) is 0 Å². The molecule has 1 N–H and O–H groups in total. The third-order valence-corrected chi connectivity index (χ3v) is 4.71. The predicted octanol–water partition coefficient (Wildman–Crippen LogP) is 3.90. The molecule has 4 nitrogen and oxygen atoms in total. The van der Waals surface area contributed by atoms with E-state index in [2.05, 4.69) is 27.3 Å². The lowest BCUT2D eigenvalue weighted by molar-refractivity contribution is -0.117. The molecule has 0 aliphatic rings. The van der Waals surface area contributed by atoms with Crippen LogP contribution < -0.4 is 10.1 Å². The summed E-state index contributed by atoms with van der Waals surface area (Å²) in [6, 6.07) is 9.80. The summed E-state index contributed by atoms with van der Waals surface area (Å²) in [6.45, 7) is 3.05. The first-order chi connectivity index (χ1) is 10.5. The molecule has 0 saturated heterocycles. The fraction of sp³-hybridized carbons (Fsp3) is 0.312. The van der Waals surface area contributed by atoms with Crippen molar-refractivity contribution < 1.29 is 9.53 Å². The molecule has 2 aromatic rings. The predicted molar refractivity (Wildman–Crippen MR) is 94.7 cm³/mol. The van der Waals surface area contributed by atoms with Crippen molar-refractivity contribution in [1.82, 2.24) is 4.90 Å². The Balaban J connectivity index is 1.93. The summed E-state index contributed by atoms with van der Waals surface area (Å²) in [4.78, 5) is 15.4. The minimum atomic E-state index is -0.0537. The quantitative estimate of drug-likeness (QED) is 0.823. The number of anilines is 1. The Bertz CT molecular complexity index is 657. The summed E-state index contributed by atoms with van der Waals surface area (Å²) in [5.41, 5.74) is 1.78. The Labute approximate surface area is 143 Å². The maximum absolute atomic E-state index is 12.2. The van der Waals surface area contributed by atoms with Crippen molar-refractivity contribution >= 4 is 38.9 Å². The molecule has 0 spiro atoms. The smallest absolute Gasteiger partial charge is 0.238 e. The van der Waals surface area contributed by atoms with Crippen molar-refractivity contribution in [1.29, 1.82) is 0 Å². The number of benzene rings is 1. The van der Waals surface area contributed by atoms with E-state index in [4.69, 9.17) is 4.74 Å². The molecule has 6 heteroatoms. The monoisotopic (exact) mass is 382 g/mol. The van der Waals surface area contributed by atoms with Gasteiger partial charge in [0, 0.05) is 11.4 Å². The molecular weight excluding hydrogens is 364 g/mol. The second-order valence-corrected chi connectivity index (χ2v) is 7.68. The van der Waals surface area contributed by atoms with Crippen molar-refractivity contribution in [3.8, 4) is 5.75 Å². The van der Waals surface area contributed by atoms with E-state index in [-0.39, 0.29) is 5.91 Å². The third-order valence-electron chi connectivity index (χ3n) is 3.10. The molecule has 1 aromatic heterocycles. The number of rotatable bonds is 6. The van der Waals surface area contributed by atoms with Crippen LogP contribution in [0.3, 0.4) is 0 Å². The van der Waals surface area contributed by atoms with Gasteiger partial charge in [-0.1, -0.05) is 6.07 Å². The van der Waals surface area contributed by atoms with E-state index in [0.717, 1.165) is 15.9 Å². The maximum atomic E-state index is 12.2. The molecule has 0 saturated carbocycles. The zero-order valence-electron chi connectivity index (χ0n) is 12.9. The highest BCUT2D eigenvalue weighted by molar-refractivity contribution is 9.11. The van der Waals surface area contributed by atoms with Crippen LogP contribution in [0.1, 0.15) is 10.4 Å². The molecule has 0 aliphatic carbocycles. The molecule has 118 valence electrons. The van der Waals surface area contributed by atoms with Crippen LogP contribution in [0.25, 0.3) is 0 Å². The molecule has 0 atom stereocenters. The van der Waals surface area contributed by atoms with Crippen molar-refractivity contribution in [3.63, 3.8) is 0 Å². The topological polar surface area (TPSA) is 41.6 Å². The summed E-state index contributed by atoms with van der Waals surface area (Å²) < 4.78 is 6.37. The Morgan fingerprint density at radius 2 is 2.14 bits per heavy atom. The maximum Gasteiger partial charge on any atom is 0.238 e. The second kappa shape index (κ2) is 7.76. The van der Waals surface area contributed by atoms with Gasteiger partial charge in [0.05, 0.1) is 23.1 Å². The fourth-order valence-corrected chi connectivity index (χ4v) is 3.68. The molecule has 1 aromatic carbocycles. The van der Waals surface area contributed by atoms with Gasteiger partial charge in [-0.3, -0.25) is 9.69 Å². The molecule has 0 bridgehead atoms. The summed E-state index contributed by atoms with van der Waals surface area (Å²) >= 11 is 5.13. The minimum Gasteiger partial charge on any atom is -0.495 e. The lowest BCUT2D eigenvalue weighted by Gasteiger charge is -2.16. The Kier molecular flexibility index (Phi) is 5.99. The lowest BCUT2D eigenvalue weighted by atomic mass is 10.2. The van der Waals surface area contributed by atoms with E-state index in [9.17, 15) is 4.79 Å². The van der Waals surface area contributed by atoms with Crippen LogP contribution in [-0.2, 0) is 11.3 Å². The molecule has 0 radical (unpaired) electrons. The number of halogens is 1. The van der Waals surface area contributed by atoms with Gasteiger partial charge in [0.25, 0.3) is 0 Å². The summed E-state index contributed by atoms with van der Waals surface area (Å²) in [5.74, 6) is 0.616. The van der Waals surface area contributed by atoms with Crippen molar-refractivity contribution in [2.75, 3.05) is 26.0 Å². The van der Waals surface area contributed by atoms with E-state index in [0.29, 0.717) is 18.0 Å². The Morgan fingerprint density at radius 3 is 2.77 bits per heavy atom. The van der Waals surface area contributed by atoms with Gasteiger partial charge < -0.3 is 10.1 Å². The molecule has 1 heterocycles. The number of nitrogens with zero attached hydrogens (tertiary/aromatic N) is 1. The fourth-order valence-electron chi connectivity index (χ4n) is 2.11. The lowest BCUT2D eigenvalue weighted by Crippen LogP contribution is -2.29. The molecule has 22 heavy (non-hydrogen) atoms. The number of likely N-dealkylation sites (N-methyl/N-ethyl adjacent to an activating group) is 1. The van der Waals surface area contributed by atoms with Gasteiger partial charge in [0.15, 0.2) is 0 Å². The van der Waals surface area contributed by atoms with Crippen molar-refractivity contribution in [3.05, 3.63) is 44.6 Å². The van der Waals surface area contributed by atoms with Gasteiger partial charge in [0.2, 0.25) is 5.91 Å². The van der Waals surface area contributed by atoms with Crippen LogP contribution in [0.4, 0.5) is 5.69 Å². The van der Waals surface area contributed by atoms with E-state index in [1.54, 1.807) is 18.4 Å². The summed E-state index contributed by atoms with van der Waals surface area (Å²) in [5, 5.41) is 2.91. The average molecular weight is 383 g/mol. The van der Waals surface area contributed by atoms with Crippen LogP contribution in [-0.4, -0.2) is 31.5 Å². The SMILES string of the molecule is COc1ccc(C)cc1NC(=O)CN(C)Cc1ccc(Br)s1. The number of nitrogens with one attached hydrogen (secondary N) is 1. The van der Waals surface area contributed by atoms with Crippen LogP contribution in [0, 0.1) is 6.92 Å². The number of aryl methyl sites for hydroxylation is 1. The van der Waals surface area contributed by atoms with Gasteiger partial charge in [-0.25, -0.2) is 0 Å². The van der Waals surface area contributed by atoms with Gasteiger partial charge >= 0.3 is 0 Å². The van der Waals surface area contributed by atoms with E-state index < -0.39 is 0 Å². The number of amides is 1. The highest BCUT2D eigenvalue weighted by Gasteiger charge is 2.11. The first kappa shape index (κ1) is 17.0. The number of methoxy groups -OCH3 is 1. The first-order valence-electron chi connectivity index (χ1n) is 6.85.